The second kappa shape index (κ2) is 4.45. The average molecular weight is 217 g/mol. The highest BCUT2D eigenvalue weighted by atomic mass is 16.3. The van der Waals surface area contributed by atoms with Crippen LogP contribution in [0.2, 0.25) is 0 Å². The van der Waals surface area contributed by atoms with Gasteiger partial charge in [-0.3, -0.25) is 0 Å². The van der Waals surface area contributed by atoms with Crippen molar-refractivity contribution in [1.82, 2.24) is 15.5 Å². The van der Waals surface area contributed by atoms with E-state index < -0.39 is 0 Å². The molecule has 0 aliphatic heterocycles. The van der Waals surface area contributed by atoms with Crippen LogP contribution in [0.3, 0.4) is 0 Å². The Balaban J connectivity index is 2.44. The molecule has 1 unspecified atom stereocenters. The van der Waals surface area contributed by atoms with Crippen LogP contribution in [0, 0.1) is 13.8 Å². The zero-order chi connectivity index (χ0) is 11.5. The van der Waals surface area contributed by atoms with Gasteiger partial charge >= 0.3 is 0 Å². The molecule has 4 heteroatoms. The van der Waals surface area contributed by atoms with Gasteiger partial charge in [-0.25, -0.2) is 0 Å². The first-order chi connectivity index (χ1) is 7.72. The van der Waals surface area contributed by atoms with Crippen LogP contribution in [-0.4, -0.2) is 17.2 Å². The van der Waals surface area contributed by atoms with Gasteiger partial charge in [0.25, 0.3) is 0 Å². The van der Waals surface area contributed by atoms with E-state index in [1.165, 1.54) is 0 Å². The van der Waals surface area contributed by atoms with E-state index in [0.29, 0.717) is 0 Å². The number of aryl methyl sites for hydroxylation is 2. The monoisotopic (exact) mass is 217 g/mol. The summed E-state index contributed by atoms with van der Waals surface area (Å²) >= 11 is 0. The first kappa shape index (κ1) is 10.8. The summed E-state index contributed by atoms with van der Waals surface area (Å²) in [6, 6.07) is 4.11. The lowest BCUT2D eigenvalue weighted by molar-refractivity contribution is 0.556. The predicted molar refractivity (Wildman–Crippen MR) is 61.1 cm³/mol. The second-order valence-electron chi connectivity index (χ2n) is 3.80. The van der Waals surface area contributed by atoms with Crippen LogP contribution < -0.4 is 5.32 Å². The molecule has 0 amide bonds. The molecule has 0 aliphatic rings. The Bertz CT molecular complexity index is 465. The average Bonchev–Trinajstić information content (AvgIpc) is 2.78. The van der Waals surface area contributed by atoms with Crippen molar-refractivity contribution in [2.24, 2.45) is 0 Å². The molecule has 2 aromatic heterocycles. The quantitative estimate of drug-likeness (QED) is 0.854. The molecule has 1 N–H and O–H groups in total. The molecule has 16 heavy (non-hydrogen) atoms. The molecule has 0 saturated heterocycles. The maximum atomic E-state index is 5.11. The third-order valence-electron chi connectivity index (χ3n) is 2.62. The first-order valence-corrected chi connectivity index (χ1v) is 5.22. The van der Waals surface area contributed by atoms with E-state index in [1.54, 1.807) is 12.5 Å². The molecule has 0 bridgehead atoms. The first-order valence-electron chi connectivity index (χ1n) is 5.22. The van der Waals surface area contributed by atoms with Gasteiger partial charge in [0.05, 0.1) is 30.0 Å². The molecule has 0 spiro atoms. The minimum atomic E-state index is 0.105. The predicted octanol–water partition coefficient (Wildman–Crippen LogP) is 2.00. The van der Waals surface area contributed by atoms with Crippen molar-refractivity contribution in [3.05, 3.63) is 47.2 Å². The van der Waals surface area contributed by atoms with Crippen molar-refractivity contribution in [2.75, 3.05) is 7.05 Å². The summed E-state index contributed by atoms with van der Waals surface area (Å²) in [5, 5.41) is 11.4. The second-order valence-corrected chi connectivity index (χ2v) is 3.80. The minimum absolute atomic E-state index is 0.105. The zero-order valence-corrected chi connectivity index (χ0v) is 9.69. The molecule has 0 fully saturated rings. The number of aromatic nitrogens is 2. The Morgan fingerprint density at radius 3 is 2.75 bits per heavy atom. The number of rotatable bonds is 3. The third kappa shape index (κ3) is 1.97. The van der Waals surface area contributed by atoms with Crippen LogP contribution in [-0.2, 0) is 0 Å². The zero-order valence-electron chi connectivity index (χ0n) is 9.69. The Morgan fingerprint density at radius 2 is 2.12 bits per heavy atom. The highest BCUT2D eigenvalue weighted by Crippen LogP contribution is 2.23. The molecule has 4 nitrogen and oxygen atoms in total. The largest absolute Gasteiger partial charge is 0.472 e. The minimum Gasteiger partial charge on any atom is -0.472 e. The fraction of sp³-hybridized carbons (Fsp3) is 0.333. The maximum Gasteiger partial charge on any atom is 0.0953 e. The molecule has 0 radical (unpaired) electrons. The third-order valence-corrected chi connectivity index (χ3v) is 2.62. The highest BCUT2D eigenvalue weighted by Gasteiger charge is 2.16. The number of hydrogen-bond acceptors (Lipinski definition) is 4. The summed E-state index contributed by atoms with van der Waals surface area (Å²) < 4.78 is 5.11. The Labute approximate surface area is 94.7 Å². The van der Waals surface area contributed by atoms with E-state index in [1.807, 2.05) is 27.0 Å². The van der Waals surface area contributed by atoms with Crippen molar-refractivity contribution in [2.45, 2.75) is 19.9 Å². The Kier molecular flexibility index (Phi) is 3.01. The fourth-order valence-corrected chi connectivity index (χ4v) is 1.80. The van der Waals surface area contributed by atoms with Gasteiger partial charge in [-0.05, 0) is 38.6 Å². The van der Waals surface area contributed by atoms with Crippen molar-refractivity contribution in [3.63, 3.8) is 0 Å². The number of hydrogen-bond donors (Lipinski definition) is 1. The van der Waals surface area contributed by atoms with Gasteiger partial charge in [-0.15, -0.1) is 0 Å². The van der Waals surface area contributed by atoms with Crippen molar-refractivity contribution < 1.29 is 4.42 Å². The van der Waals surface area contributed by atoms with Gasteiger partial charge < -0.3 is 9.73 Å². The van der Waals surface area contributed by atoms with Crippen LogP contribution in [0.4, 0.5) is 0 Å². The van der Waals surface area contributed by atoms with Crippen LogP contribution in [0.25, 0.3) is 0 Å². The lowest BCUT2D eigenvalue weighted by Crippen LogP contribution is -2.19. The highest BCUT2D eigenvalue weighted by molar-refractivity contribution is 5.32. The lowest BCUT2D eigenvalue weighted by atomic mass is 10.0. The van der Waals surface area contributed by atoms with Gasteiger partial charge in [0.2, 0.25) is 0 Å². The van der Waals surface area contributed by atoms with Gasteiger partial charge in [0, 0.05) is 5.56 Å². The van der Waals surface area contributed by atoms with Gasteiger partial charge in [0.15, 0.2) is 0 Å². The SMILES string of the molecule is CNC(c1ccoc1)c1cc(C)nnc1C. The van der Waals surface area contributed by atoms with Crippen molar-refractivity contribution in [3.8, 4) is 0 Å². The normalized spacial score (nSPS) is 12.7. The van der Waals surface area contributed by atoms with Crippen LogP contribution in [0.5, 0.6) is 0 Å². The lowest BCUT2D eigenvalue weighted by Gasteiger charge is -2.16. The Morgan fingerprint density at radius 1 is 1.31 bits per heavy atom. The van der Waals surface area contributed by atoms with E-state index in [9.17, 15) is 0 Å². The molecular weight excluding hydrogens is 202 g/mol. The Hall–Kier alpha value is -1.68. The van der Waals surface area contributed by atoms with E-state index in [0.717, 1.165) is 22.5 Å². The molecule has 0 aromatic carbocycles. The van der Waals surface area contributed by atoms with Crippen LogP contribution in [0.15, 0.2) is 29.1 Å². The molecule has 2 heterocycles. The molecule has 0 saturated carbocycles. The summed E-state index contributed by atoms with van der Waals surface area (Å²) in [6.07, 6.45) is 3.42. The van der Waals surface area contributed by atoms with Crippen LogP contribution >= 0.6 is 0 Å². The smallest absolute Gasteiger partial charge is 0.0953 e. The summed E-state index contributed by atoms with van der Waals surface area (Å²) in [6.45, 7) is 3.91. The number of nitrogens with one attached hydrogen (secondary N) is 1. The molecule has 84 valence electrons. The van der Waals surface area contributed by atoms with E-state index in [4.69, 9.17) is 4.42 Å². The summed E-state index contributed by atoms with van der Waals surface area (Å²) in [5.74, 6) is 0. The maximum absolute atomic E-state index is 5.11. The molecule has 0 aliphatic carbocycles. The van der Waals surface area contributed by atoms with Crippen molar-refractivity contribution >= 4 is 0 Å². The molecular formula is C12H15N3O. The van der Waals surface area contributed by atoms with E-state index >= 15 is 0 Å². The van der Waals surface area contributed by atoms with Crippen molar-refractivity contribution in [1.29, 1.82) is 0 Å². The molecule has 2 aromatic rings. The molecule has 2 rings (SSSR count). The fourth-order valence-electron chi connectivity index (χ4n) is 1.80. The van der Waals surface area contributed by atoms with Gasteiger partial charge in [0.1, 0.15) is 0 Å². The van der Waals surface area contributed by atoms with Gasteiger partial charge in [-0.1, -0.05) is 0 Å². The number of nitrogens with zero attached hydrogens (tertiary/aromatic N) is 2. The van der Waals surface area contributed by atoms with Gasteiger partial charge in [-0.2, -0.15) is 10.2 Å². The summed E-state index contributed by atoms with van der Waals surface area (Å²) in [7, 11) is 1.92. The number of furan rings is 1. The molecule has 1 atom stereocenters. The van der Waals surface area contributed by atoms with E-state index in [2.05, 4.69) is 21.6 Å². The topological polar surface area (TPSA) is 51.0 Å². The van der Waals surface area contributed by atoms with Crippen LogP contribution in [0.1, 0.15) is 28.6 Å². The summed E-state index contributed by atoms with van der Waals surface area (Å²) in [4.78, 5) is 0. The van der Waals surface area contributed by atoms with E-state index in [-0.39, 0.29) is 6.04 Å². The standard InChI is InChI=1S/C12H15N3O/c1-8-6-11(9(2)15-14-8)12(13-3)10-4-5-16-7-10/h4-7,12-13H,1-3H3. The summed E-state index contributed by atoms with van der Waals surface area (Å²) in [5.41, 5.74) is 4.09.